The van der Waals surface area contributed by atoms with Gasteiger partial charge in [-0.15, -0.1) is 0 Å². The Morgan fingerprint density at radius 1 is 1.56 bits per heavy atom. The molecule has 0 aliphatic carbocycles. The molecule has 1 aliphatic rings. The van der Waals surface area contributed by atoms with E-state index < -0.39 is 17.9 Å². The van der Waals surface area contributed by atoms with Crippen molar-refractivity contribution in [3.05, 3.63) is 24.0 Å². The van der Waals surface area contributed by atoms with E-state index in [4.69, 9.17) is 0 Å². The highest BCUT2D eigenvalue weighted by molar-refractivity contribution is 5.97. The summed E-state index contributed by atoms with van der Waals surface area (Å²) in [6.45, 7) is 0.467. The van der Waals surface area contributed by atoms with Crippen molar-refractivity contribution in [3.63, 3.8) is 0 Å². The summed E-state index contributed by atoms with van der Waals surface area (Å²) in [5.74, 6) is -1.06. The van der Waals surface area contributed by atoms with Gasteiger partial charge in [-0.05, 0) is 25.0 Å². The van der Waals surface area contributed by atoms with E-state index >= 15 is 0 Å². The molecule has 1 unspecified atom stereocenters. The molecule has 0 bridgehead atoms. The molecular formula is C12H14N2O4. The number of aromatic hydroxyl groups is 1. The van der Waals surface area contributed by atoms with Crippen LogP contribution in [0.1, 0.15) is 23.3 Å². The first-order chi connectivity index (χ1) is 8.65. The van der Waals surface area contributed by atoms with Crippen molar-refractivity contribution in [2.75, 3.05) is 13.7 Å². The minimum absolute atomic E-state index is 0.0340. The summed E-state index contributed by atoms with van der Waals surface area (Å²) in [7, 11) is 1.29. The topological polar surface area (TPSA) is 79.7 Å². The Labute approximate surface area is 104 Å². The van der Waals surface area contributed by atoms with Crippen LogP contribution in [0, 0.1) is 0 Å². The molecule has 0 spiro atoms. The number of esters is 1. The minimum Gasteiger partial charge on any atom is -0.505 e. The molecule has 1 aromatic rings. The molecule has 1 aliphatic heterocycles. The number of ether oxygens (including phenoxy) is 1. The van der Waals surface area contributed by atoms with Crippen molar-refractivity contribution in [1.29, 1.82) is 0 Å². The highest BCUT2D eigenvalue weighted by Crippen LogP contribution is 2.23. The van der Waals surface area contributed by atoms with Crippen LogP contribution in [0.4, 0.5) is 0 Å². The number of aromatic nitrogens is 1. The molecular weight excluding hydrogens is 236 g/mol. The third kappa shape index (κ3) is 2.13. The Morgan fingerprint density at radius 2 is 2.33 bits per heavy atom. The van der Waals surface area contributed by atoms with Crippen LogP contribution < -0.4 is 0 Å². The van der Waals surface area contributed by atoms with E-state index in [1.165, 1.54) is 30.3 Å². The van der Waals surface area contributed by atoms with Crippen molar-refractivity contribution in [1.82, 2.24) is 9.88 Å². The lowest BCUT2D eigenvalue weighted by molar-refractivity contribution is -0.145. The van der Waals surface area contributed by atoms with Gasteiger partial charge in [0.15, 0.2) is 5.69 Å². The molecule has 1 amide bonds. The number of carbonyl (C=O) groups is 2. The van der Waals surface area contributed by atoms with Crippen LogP contribution in [0.2, 0.25) is 0 Å². The van der Waals surface area contributed by atoms with Crippen molar-refractivity contribution in [2.24, 2.45) is 0 Å². The Morgan fingerprint density at radius 3 is 3.00 bits per heavy atom. The van der Waals surface area contributed by atoms with E-state index in [9.17, 15) is 14.7 Å². The second kappa shape index (κ2) is 5.03. The largest absolute Gasteiger partial charge is 0.505 e. The van der Waals surface area contributed by atoms with Gasteiger partial charge in [0.1, 0.15) is 11.8 Å². The summed E-state index contributed by atoms with van der Waals surface area (Å²) in [5, 5.41) is 9.60. The fraction of sp³-hybridized carbons (Fsp3) is 0.417. The smallest absolute Gasteiger partial charge is 0.328 e. The molecule has 2 heterocycles. The van der Waals surface area contributed by atoms with E-state index in [-0.39, 0.29) is 11.4 Å². The number of nitrogens with zero attached hydrogens (tertiary/aromatic N) is 2. The normalized spacial score (nSPS) is 18.7. The minimum atomic E-state index is -0.580. The van der Waals surface area contributed by atoms with Gasteiger partial charge in [0.25, 0.3) is 5.91 Å². The second-order valence-corrected chi connectivity index (χ2v) is 4.05. The van der Waals surface area contributed by atoms with Gasteiger partial charge < -0.3 is 14.7 Å². The SMILES string of the molecule is COC(=O)C1CCCN1C(=O)c1ncccc1O. The third-order valence-corrected chi connectivity index (χ3v) is 2.98. The molecule has 96 valence electrons. The Hall–Kier alpha value is -2.11. The molecule has 0 radical (unpaired) electrons. The highest BCUT2D eigenvalue weighted by Gasteiger charge is 2.36. The molecule has 6 heteroatoms. The lowest BCUT2D eigenvalue weighted by Crippen LogP contribution is -2.41. The zero-order valence-corrected chi connectivity index (χ0v) is 10.00. The number of methoxy groups -OCH3 is 1. The monoisotopic (exact) mass is 250 g/mol. The van der Waals surface area contributed by atoms with Crippen molar-refractivity contribution in [2.45, 2.75) is 18.9 Å². The number of amides is 1. The maximum Gasteiger partial charge on any atom is 0.328 e. The zero-order valence-electron chi connectivity index (χ0n) is 10.00. The van der Waals surface area contributed by atoms with E-state index in [0.29, 0.717) is 13.0 Å². The van der Waals surface area contributed by atoms with Gasteiger partial charge in [0, 0.05) is 12.7 Å². The van der Waals surface area contributed by atoms with E-state index in [0.717, 1.165) is 6.42 Å². The third-order valence-electron chi connectivity index (χ3n) is 2.98. The average molecular weight is 250 g/mol. The lowest BCUT2D eigenvalue weighted by atomic mass is 10.2. The summed E-state index contributed by atoms with van der Waals surface area (Å²) in [4.78, 5) is 29.0. The van der Waals surface area contributed by atoms with Gasteiger partial charge in [-0.25, -0.2) is 9.78 Å². The van der Waals surface area contributed by atoms with Crippen molar-refractivity contribution >= 4 is 11.9 Å². The Kier molecular flexibility index (Phi) is 3.45. The van der Waals surface area contributed by atoms with Crippen LogP contribution in [0.25, 0.3) is 0 Å². The first-order valence-electron chi connectivity index (χ1n) is 5.68. The average Bonchev–Trinajstić information content (AvgIpc) is 2.86. The van der Waals surface area contributed by atoms with Crippen LogP contribution in [0.15, 0.2) is 18.3 Å². The van der Waals surface area contributed by atoms with E-state index in [2.05, 4.69) is 9.72 Å². The molecule has 0 saturated carbocycles. The molecule has 1 N–H and O–H groups in total. The number of carbonyl (C=O) groups excluding carboxylic acids is 2. The summed E-state index contributed by atoms with van der Waals surface area (Å²) < 4.78 is 4.66. The summed E-state index contributed by atoms with van der Waals surface area (Å²) >= 11 is 0. The summed E-state index contributed by atoms with van der Waals surface area (Å²) in [6, 6.07) is 2.35. The number of hydrogen-bond donors (Lipinski definition) is 1. The first kappa shape index (κ1) is 12.3. The fourth-order valence-electron chi connectivity index (χ4n) is 2.09. The molecule has 0 aromatic carbocycles. The molecule has 6 nitrogen and oxygen atoms in total. The lowest BCUT2D eigenvalue weighted by Gasteiger charge is -2.22. The molecule has 1 saturated heterocycles. The van der Waals surface area contributed by atoms with Crippen LogP contribution in [0.3, 0.4) is 0 Å². The quantitative estimate of drug-likeness (QED) is 0.776. The number of pyridine rings is 1. The van der Waals surface area contributed by atoms with Crippen LogP contribution in [-0.4, -0.2) is 46.6 Å². The van der Waals surface area contributed by atoms with E-state index in [1.807, 2.05) is 0 Å². The van der Waals surface area contributed by atoms with E-state index in [1.54, 1.807) is 0 Å². The Bertz CT molecular complexity index is 475. The van der Waals surface area contributed by atoms with Gasteiger partial charge in [-0.3, -0.25) is 4.79 Å². The maximum absolute atomic E-state index is 12.2. The van der Waals surface area contributed by atoms with Gasteiger partial charge in [-0.1, -0.05) is 0 Å². The van der Waals surface area contributed by atoms with Crippen LogP contribution in [-0.2, 0) is 9.53 Å². The predicted octanol–water partition coefficient (Wildman–Crippen LogP) is 0.565. The molecule has 1 aromatic heterocycles. The Balaban J connectivity index is 2.23. The molecule has 1 atom stereocenters. The van der Waals surface area contributed by atoms with Gasteiger partial charge >= 0.3 is 5.97 Å². The standard InChI is InChI=1S/C12H14N2O4/c1-18-12(17)8-4-3-7-14(8)11(16)10-9(15)5-2-6-13-10/h2,5-6,8,15H,3-4,7H2,1H3. The first-order valence-corrected chi connectivity index (χ1v) is 5.68. The van der Waals surface area contributed by atoms with Gasteiger partial charge in [0.05, 0.1) is 7.11 Å². The predicted molar refractivity (Wildman–Crippen MR) is 62.0 cm³/mol. The number of likely N-dealkylation sites (tertiary alicyclic amines) is 1. The zero-order chi connectivity index (χ0) is 13.1. The highest BCUT2D eigenvalue weighted by atomic mass is 16.5. The number of hydrogen-bond acceptors (Lipinski definition) is 5. The second-order valence-electron chi connectivity index (χ2n) is 4.05. The summed E-state index contributed by atoms with van der Waals surface area (Å²) in [6.07, 6.45) is 2.74. The van der Waals surface area contributed by atoms with Crippen LogP contribution in [0.5, 0.6) is 5.75 Å². The molecule has 2 rings (SSSR count). The van der Waals surface area contributed by atoms with Gasteiger partial charge in [0.2, 0.25) is 0 Å². The molecule has 1 fully saturated rings. The summed E-state index contributed by atoms with van der Waals surface area (Å²) in [5.41, 5.74) is -0.0340. The maximum atomic E-state index is 12.2. The van der Waals surface area contributed by atoms with Gasteiger partial charge in [-0.2, -0.15) is 0 Å². The number of rotatable bonds is 2. The van der Waals surface area contributed by atoms with Crippen LogP contribution >= 0.6 is 0 Å². The van der Waals surface area contributed by atoms with Crippen molar-refractivity contribution in [3.8, 4) is 5.75 Å². The van der Waals surface area contributed by atoms with Crippen molar-refractivity contribution < 1.29 is 19.4 Å². The fourth-order valence-corrected chi connectivity index (χ4v) is 2.09. The molecule has 18 heavy (non-hydrogen) atoms.